The molecular weight excluding hydrogens is 363 g/mol. The Hall–Kier alpha value is -3.05. The molecule has 27 heavy (non-hydrogen) atoms. The monoisotopic (exact) mass is 376 g/mol. The molecule has 1 aliphatic heterocycles. The quantitative estimate of drug-likeness (QED) is 0.522. The Balaban J connectivity index is 1.80. The standard InChI is InChI=1S/C21H14ClFN4/c22-12-3-4-18(23)16(8-12)19-9-15(14-2-1-6-25-21(14)27-19)17-10-26-20-11-24-7-5-13(17)20/h1-4,6-10,26H,5,11H2. The van der Waals surface area contributed by atoms with Crippen LogP contribution < -0.4 is 0 Å². The Morgan fingerprint density at radius 2 is 2.00 bits per heavy atom. The molecule has 0 saturated carbocycles. The third-order valence-electron chi connectivity index (χ3n) is 4.83. The molecule has 4 aromatic rings. The molecule has 1 N–H and O–H groups in total. The minimum atomic E-state index is -0.364. The third-order valence-corrected chi connectivity index (χ3v) is 5.07. The van der Waals surface area contributed by atoms with Gasteiger partial charge in [0.25, 0.3) is 0 Å². The number of H-pyrrole nitrogens is 1. The summed E-state index contributed by atoms with van der Waals surface area (Å²) in [7, 11) is 0. The summed E-state index contributed by atoms with van der Waals surface area (Å²) in [4.78, 5) is 16.6. The highest BCUT2D eigenvalue weighted by molar-refractivity contribution is 6.30. The van der Waals surface area contributed by atoms with E-state index in [2.05, 4.69) is 19.9 Å². The van der Waals surface area contributed by atoms with Gasteiger partial charge in [0, 0.05) is 52.3 Å². The number of nitrogens with zero attached hydrogens (tertiary/aromatic N) is 3. The second-order valence-corrected chi connectivity index (χ2v) is 6.88. The molecule has 6 heteroatoms. The number of rotatable bonds is 2. The van der Waals surface area contributed by atoms with Crippen LogP contribution in [0, 0.1) is 5.82 Å². The van der Waals surface area contributed by atoms with E-state index in [1.807, 2.05) is 30.6 Å². The van der Waals surface area contributed by atoms with Crippen LogP contribution in [0.25, 0.3) is 33.4 Å². The van der Waals surface area contributed by atoms with Gasteiger partial charge in [-0.1, -0.05) is 11.6 Å². The van der Waals surface area contributed by atoms with Crippen LogP contribution in [0.2, 0.25) is 5.02 Å². The van der Waals surface area contributed by atoms with Crippen LogP contribution in [0.15, 0.2) is 53.8 Å². The number of aromatic amines is 1. The Kier molecular flexibility index (Phi) is 3.76. The highest BCUT2D eigenvalue weighted by Gasteiger charge is 2.19. The summed E-state index contributed by atoms with van der Waals surface area (Å²) in [5.41, 5.74) is 5.80. The second kappa shape index (κ2) is 6.28. The van der Waals surface area contributed by atoms with Crippen LogP contribution in [-0.4, -0.2) is 21.2 Å². The Bertz CT molecular complexity index is 1210. The SMILES string of the molecule is Fc1ccc(Cl)cc1-c1cc(-c2c[nH]c3c2CC=NC3)c2cccnc2n1. The average molecular weight is 377 g/mol. The second-order valence-electron chi connectivity index (χ2n) is 6.44. The van der Waals surface area contributed by atoms with Crippen LogP contribution in [-0.2, 0) is 13.0 Å². The van der Waals surface area contributed by atoms with E-state index in [0.29, 0.717) is 28.5 Å². The van der Waals surface area contributed by atoms with Crippen molar-refractivity contribution in [2.75, 3.05) is 0 Å². The molecule has 5 rings (SSSR count). The normalized spacial score (nSPS) is 13.1. The Morgan fingerprint density at radius 3 is 2.93 bits per heavy atom. The zero-order valence-corrected chi connectivity index (χ0v) is 15.0. The fourth-order valence-corrected chi connectivity index (χ4v) is 3.71. The molecule has 0 saturated heterocycles. The van der Waals surface area contributed by atoms with E-state index in [1.54, 1.807) is 12.3 Å². The van der Waals surface area contributed by atoms with Gasteiger partial charge >= 0.3 is 0 Å². The third kappa shape index (κ3) is 2.71. The van der Waals surface area contributed by atoms with Crippen molar-refractivity contribution in [2.45, 2.75) is 13.0 Å². The van der Waals surface area contributed by atoms with Gasteiger partial charge in [0.2, 0.25) is 0 Å². The average Bonchev–Trinajstić information content (AvgIpc) is 3.13. The molecule has 0 radical (unpaired) electrons. The van der Waals surface area contributed by atoms with Gasteiger partial charge in [-0.3, -0.25) is 4.99 Å². The van der Waals surface area contributed by atoms with Gasteiger partial charge in [0.15, 0.2) is 5.65 Å². The number of nitrogens with one attached hydrogen (secondary N) is 1. The lowest BCUT2D eigenvalue weighted by Gasteiger charge is -2.12. The maximum atomic E-state index is 14.5. The van der Waals surface area contributed by atoms with Crippen molar-refractivity contribution in [1.82, 2.24) is 15.0 Å². The van der Waals surface area contributed by atoms with Crippen LogP contribution in [0.3, 0.4) is 0 Å². The summed E-state index contributed by atoms with van der Waals surface area (Å²) in [6.45, 7) is 0.645. The van der Waals surface area contributed by atoms with Crippen molar-refractivity contribution < 1.29 is 4.39 Å². The molecule has 3 aromatic heterocycles. The lowest BCUT2D eigenvalue weighted by Crippen LogP contribution is -2.00. The van der Waals surface area contributed by atoms with E-state index in [4.69, 9.17) is 11.6 Å². The van der Waals surface area contributed by atoms with Gasteiger partial charge in [-0.25, -0.2) is 14.4 Å². The van der Waals surface area contributed by atoms with Gasteiger partial charge in [-0.05, 0) is 47.5 Å². The largest absolute Gasteiger partial charge is 0.363 e. The van der Waals surface area contributed by atoms with E-state index in [1.165, 1.54) is 17.7 Å². The van der Waals surface area contributed by atoms with Crippen LogP contribution in [0.5, 0.6) is 0 Å². The molecule has 132 valence electrons. The minimum absolute atomic E-state index is 0.363. The summed E-state index contributed by atoms with van der Waals surface area (Å²) < 4.78 is 14.5. The Morgan fingerprint density at radius 1 is 1.07 bits per heavy atom. The minimum Gasteiger partial charge on any atom is -0.363 e. The molecule has 1 aromatic carbocycles. The van der Waals surface area contributed by atoms with Gasteiger partial charge < -0.3 is 4.98 Å². The number of aliphatic imine (C=N–C) groups is 1. The van der Waals surface area contributed by atoms with E-state index in [9.17, 15) is 4.39 Å². The van der Waals surface area contributed by atoms with E-state index in [-0.39, 0.29) is 5.82 Å². The molecule has 0 fully saturated rings. The molecule has 4 heterocycles. The maximum Gasteiger partial charge on any atom is 0.160 e. The first-order valence-corrected chi connectivity index (χ1v) is 8.97. The Labute approximate surface area is 159 Å². The summed E-state index contributed by atoms with van der Waals surface area (Å²) in [6.07, 6.45) is 6.37. The molecule has 0 aliphatic carbocycles. The number of hydrogen-bond acceptors (Lipinski definition) is 3. The number of halogens is 2. The van der Waals surface area contributed by atoms with E-state index in [0.717, 1.165) is 28.6 Å². The van der Waals surface area contributed by atoms with Gasteiger partial charge in [-0.2, -0.15) is 0 Å². The molecule has 0 spiro atoms. The first-order chi connectivity index (χ1) is 13.2. The van der Waals surface area contributed by atoms with Crippen molar-refractivity contribution in [1.29, 1.82) is 0 Å². The molecule has 4 nitrogen and oxygen atoms in total. The summed E-state index contributed by atoms with van der Waals surface area (Å²) in [6, 6.07) is 10.3. The number of fused-ring (bicyclic) bond motifs is 2. The van der Waals surface area contributed by atoms with Gasteiger partial charge in [-0.15, -0.1) is 0 Å². The van der Waals surface area contributed by atoms with Crippen LogP contribution >= 0.6 is 11.6 Å². The predicted octanol–water partition coefficient (Wildman–Crippen LogP) is 5.21. The van der Waals surface area contributed by atoms with Crippen molar-refractivity contribution in [3.05, 3.63) is 70.9 Å². The first kappa shape index (κ1) is 16.1. The smallest absolute Gasteiger partial charge is 0.160 e. The predicted molar refractivity (Wildman–Crippen MR) is 106 cm³/mol. The van der Waals surface area contributed by atoms with Crippen molar-refractivity contribution in [2.24, 2.45) is 4.99 Å². The van der Waals surface area contributed by atoms with Crippen molar-refractivity contribution in [3.63, 3.8) is 0 Å². The highest BCUT2D eigenvalue weighted by Crippen LogP contribution is 2.36. The number of pyridine rings is 2. The summed E-state index contributed by atoms with van der Waals surface area (Å²) in [5.74, 6) is -0.364. The van der Waals surface area contributed by atoms with E-state index >= 15 is 0 Å². The topological polar surface area (TPSA) is 53.9 Å². The lowest BCUT2D eigenvalue weighted by atomic mass is 9.96. The lowest BCUT2D eigenvalue weighted by molar-refractivity contribution is 0.631. The molecule has 0 atom stereocenters. The zero-order chi connectivity index (χ0) is 18.4. The summed E-state index contributed by atoms with van der Waals surface area (Å²) in [5, 5.41) is 1.39. The van der Waals surface area contributed by atoms with Gasteiger partial charge in [0.1, 0.15) is 5.82 Å². The first-order valence-electron chi connectivity index (χ1n) is 8.59. The summed E-state index contributed by atoms with van der Waals surface area (Å²) >= 11 is 6.09. The fraction of sp³-hybridized carbons (Fsp3) is 0.0952. The van der Waals surface area contributed by atoms with Crippen molar-refractivity contribution in [3.8, 4) is 22.4 Å². The molecule has 0 amide bonds. The van der Waals surface area contributed by atoms with Gasteiger partial charge in [0.05, 0.1) is 12.2 Å². The molecular formula is C21H14ClFN4. The zero-order valence-electron chi connectivity index (χ0n) is 14.2. The van der Waals surface area contributed by atoms with E-state index < -0.39 is 0 Å². The van der Waals surface area contributed by atoms with Crippen molar-refractivity contribution >= 4 is 28.8 Å². The maximum absolute atomic E-state index is 14.5. The fourth-order valence-electron chi connectivity index (χ4n) is 3.53. The molecule has 1 aliphatic rings. The number of benzene rings is 1. The van der Waals surface area contributed by atoms with Crippen LogP contribution in [0.1, 0.15) is 11.3 Å². The molecule has 0 bridgehead atoms. The number of aromatic nitrogens is 3. The molecule has 0 unspecified atom stereocenters. The number of hydrogen-bond donors (Lipinski definition) is 1. The van der Waals surface area contributed by atoms with Crippen LogP contribution in [0.4, 0.5) is 4.39 Å². The highest BCUT2D eigenvalue weighted by atomic mass is 35.5.